The predicted molar refractivity (Wildman–Crippen MR) is 62.3 cm³/mol. The molecule has 1 N–H and O–H groups in total. The molecule has 0 spiro atoms. The number of aromatic nitrogens is 2. The number of aliphatic hydroxyl groups excluding tert-OH is 1. The fraction of sp³-hybridized carbons (Fsp3) is 0.182. The second-order valence-electron chi connectivity index (χ2n) is 3.31. The second kappa shape index (κ2) is 4.16. The highest BCUT2D eigenvalue weighted by Gasteiger charge is 2.06. The van der Waals surface area contributed by atoms with E-state index in [4.69, 9.17) is 5.11 Å². The van der Waals surface area contributed by atoms with Crippen molar-refractivity contribution in [3.63, 3.8) is 0 Å². The Labute approximate surface area is 96.5 Å². The van der Waals surface area contributed by atoms with E-state index in [2.05, 4.69) is 21.0 Å². The molecule has 1 aromatic heterocycles. The highest BCUT2D eigenvalue weighted by atomic mass is 79.9. The van der Waals surface area contributed by atoms with Gasteiger partial charge in [0.1, 0.15) is 0 Å². The summed E-state index contributed by atoms with van der Waals surface area (Å²) in [5.74, 6) is 0. The Balaban J connectivity index is 2.45. The quantitative estimate of drug-likeness (QED) is 0.906. The van der Waals surface area contributed by atoms with Crippen LogP contribution in [0.4, 0.5) is 0 Å². The Morgan fingerprint density at radius 2 is 2.20 bits per heavy atom. The Morgan fingerprint density at radius 1 is 1.40 bits per heavy atom. The van der Waals surface area contributed by atoms with Crippen molar-refractivity contribution < 1.29 is 5.11 Å². The van der Waals surface area contributed by atoms with Crippen molar-refractivity contribution in [2.75, 3.05) is 0 Å². The third-order valence-electron chi connectivity index (χ3n) is 2.26. The third-order valence-corrected chi connectivity index (χ3v) is 2.75. The van der Waals surface area contributed by atoms with Crippen LogP contribution in [0.25, 0.3) is 11.3 Å². The van der Waals surface area contributed by atoms with E-state index in [0.29, 0.717) is 0 Å². The zero-order valence-electron chi connectivity index (χ0n) is 8.31. The Kier molecular flexibility index (Phi) is 2.88. The van der Waals surface area contributed by atoms with Crippen molar-refractivity contribution in [1.82, 2.24) is 9.78 Å². The molecule has 4 heteroatoms. The van der Waals surface area contributed by atoms with Crippen LogP contribution in [0.1, 0.15) is 5.69 Å². The predicted octanol–water partition coefficient (Wildman–Crippen LogP) is 2.34. The molecule has 0 atom stereocenters. The lowest BCUT2D eigenvalue weighted by molar-refractivity contribution is 0.270. The summed E-state index contributed by atoms with van der Waals surface area (Å²) in [6.07, 6.45) is 0. The van der Waals surface area contributed by atoms with Gasteiger partial charge in [-0.3, -0.25) is 4.68 Å². The van der Waals surface area contributed by atoms with Crippen LogP contribution in [-0.4, -0.2) is 14.9 Å². The number of nitrogens with zero attached hydrogens (tertiary/aromatic N) is 2. The molecule has 78 valence electrons. The van der Waals surface area contributed by atoms with Gasteiger partial charge < -0.3 is 5.11 Å². The van der Waals surface area contributed by atoms with E-state index in [1.165, 1.54) is 0 Å². The SMILES string of the molecule is Cn1nc(-c2cccc(Br)c2)cc1CO. The molecule has 1 aromatic carbocycles. The second-order valence-corrected chi connectivity index (χ2v) is 4.23. The van der Waals surface area contributed by atoms with Gasteiger partial charge in [-0.05, 0) is 18.2 Å². The van der Waals surface area contributed by atoms with Crippen molar-refractivity contribution in [3.05, 3.63) is 40.5 Å². The zero-order chi connectivity index (χ0) is 10.8. The fourth-order valence-electron chi connectivity index (χ4n) is 1.44. The van der Waals surface area contributed by atoms with Gasteiger partial charge in [0.25, 0.3) is 0 Å². The van der Waals surface area contributed by atoms with Gasteiger partial charge in [0.15, 0.2) is 0 Å². The van der Waals surface area contributed by atoms with Crippen molar-refractivity contribution in [3.8, 4) is 11.3 Å². The third kappa shape index (κ3) is 2.11. The largest absolute Gasteiger partial charge is 0.390 e. The van der Waals surface area contributed by atoms with E-state index in [1.54, 1.807) is 4.68 Å². The summed E-state index contributed by atoms with van der Waals surface area (Å²) in [5, 5.41) is 13.4. The van der Waals surface area contributed by atoms with Gasteiger partial charge in [-0.25, -0.2) is 0 Å². The molecule has 0 bridgehead atoms. The molecule has 15 heavy (non-hydrogen) atoms. The van der Waals surface area contributed by atoms with E-state index >= 15 is 0 Å². The van der Waals surface area contributed by atoms with E-state index in [0.717, 1.165) is 21.4 Å². The minimum absolute atomic E-state index is 0.0114. The highest BCUT2D eigenvalue weighted by Crippen LogP contribution is 2.22. The lowest BCUT2D eigenvalue weighted by Crippen LogP contribution is -1.96. The van der Waals surface area contributed by atoms with E-state index in [-0.39, 0.29) is 6.61 Å². The standard InChI is InChI=1S/C11H11BrN2O/c1-14-10(7-15)6-11(13-14)8-3-2-4-9(12)5-8/h2-6,15H,7H2,1H3. The molecule has 0 aliphatic heterocycles. The molecule has 0 unspecified atom stereocenters. The Bertz CT molecular complexity index is 479. The van der Waals surface area contributed by atoms with Crippen LogP contribution < -0.4 is 0 Å². The van der Waals surface area contributed by atoms with Crippen LogP contribution in [0.5, 0.6) is 0 Å². The van der Waals surface area contributed by atoms with Crippen molar-refractivity contribution >= 4 is 15.9 Å². The molecule has 0 saturated carbocycles. The summed E-state index contributed by atoms with van der Waals surface area (Å²) in [6.45, 7) is 0.0114. The monoisotopic (exact) mass is 266 g/mol. The number of benzene rings is 1. The minimum Gasteiger partial charge on any atom is -0.390 e. The summed E-state index contributed by atoms with van der Waals surface area (Å²) in [7, 11) is 1.83. The average Bonchev–Trinajstić information content (AvgIpc) is 2.60. The number of aryl methyl sites for hydroxylation is 1. The molecule has 0 fully saturated rings. The highest BCUT2D eigenvalue weighted by molar-refractivity contribution is 9.10. The zero-order valence-corrected chi connectivity index (χ0v) is 9.90. The first kappa shape index (κ1) is 10.4. The van der Waals surface area contributed by atoms with Crippen LogP contribution in [-0.2, 0) is 13.7 Å². The fourth-order valence-corrected chi connectivity index (χ4v) is 1.84. The first-order chi connectivity index (χ1) is 7.20. The van der Waals surface area contributed by atoms with Gasteiger partial charge in [-0.1, -0.05) is 28.1 Å². The maximum absolute atomic E-state index is 9.06. The number of rotatable bonds is 2. The van der Waals surface area contributed by atoms with Crippen molar-refractivity contribution in [1.29, 1.82) is 0 Å². The van der Waals surface area contributed by atoms with Gasteiger partial charge in [-0.15, -0.1) is 0 Å². The summed E-state index contributed by atoms with van der Waals surface area (Å²) in [5.41, 5.74) is 2.73. The summed E-state index contributed by atoms with van der Waals surface area (Å²) in [6, 6.07) is 9.83. The number of halogens is 1. The molecule has 2 aromatic rings. The van der Waals surface area contributed by atoms with Gasteiger partial charge in [0.2, 0.25) is 0 Å². The number of hydrogen-bond acceptors (Lipinski definition) is 2. The molecule has 0 saturated heterocycles. The van der Waals surface area contributed by atoms with Gasteiger partial charge in [-0.2, -0.15) is 5.10 Å². The molecular weight excluding hydrogens is 256 g/mol. The molecular formula is C11H11BrN2O. The average molecular weight is 267 g/mol. The summed E-state index contributed by atoms with van der Waals surface area (Å²) < 4.78 is 2.71. The summed E-state index contributed by atoms with van der Waals surface area (Å²) >= 11 is 3.42. The molecule has 0 amide bonds. The first-order valence-corrected chi connectivity index (χ1v) is 5.39. The Hall–Kier alpha value is -1.13. The maximum Gasteiger partial charge on any atom is 0.0927 e. The van der Waals surface area contributed by atoms with Crippen LogP contribution in [0.15, 0.2) is 34.8 Å². The van der Waals surface area contributed by atoms with Gasteiger partial charge >= 0.3 is 0 Å². The molecule has 0 aliphatic rings. The lowest BCUT2D eigenvalue weighted by atomic mass is 10.1. The normalized spacial score (nSPS) is 10.6. The van der Waals surface area contributed by atoms with Gasteiger partial charge in [0, 0.05) is 17.1 Å². The lowest BCUT2D eigenvalue weighted by Gasteiger charge is -1.96. The molecule has 2 rings (SSSR count). The Morgan fingerprint density at radius 3 is 2.80 bits per heavy atom. The van der Waals surface area contributed by atoms with Crippen molar-refractivity contribution in [2.45, 2.75) is 6.61 Å². The van der Waals surface area contributed by atoms with Crippen LogP contribution in [0, 0.1) is 0 Å². The van der Waals surface area contributed by atoms with Crippen LogP contribution in [0.2, 0.25) is 0 Å². The van der Waals surface area contributed by atoms with E-state index in [9.17, 15) is 0 Å². The number of hydrogen-bond donors (Lipinski definition) is 1. The van der Waals surface area contributed by atoms with Crippen LogP contribution >= 0.6 is 15.9 Å². The van der Waals surface area contributed by atoms with Gasteiger partial charge in [0.05, 0.1) is 18.0 Å². The molecule has 1 heterocycles. The smallest absolute Gasteiger partial charge is 0.0927 e. The van der Waals surface area contributed by atoms with Crippen LogP contribution in [0.3, 0.4) is 0 Å². The van der Waals surface area contributed by atoms with Crippen molar-refractivity contribution in [2.24, 2.45) is 7.05 Å². The topological polar surface area (TPSA) is 38.0 Å². The molecule has 0 aliphatic carbocycles. The number of aliphatic hydroxyl groups is 1. The summed E-state index contributed by atoms with van der Waals surface area (Å²) in [4.78, 5) is 0. The molecule has 3 nitrogen and oxygen atoms in total. The minimum atomic E-state index is 0.0114. The van der Waals surface area contributed by atoms with E-state index in [1.807, 2.05) is 37.4 Å². The maximum atomic E-state index is 9.06. The van der Waals surface area contributed by atoms with E-state index < -0.39 is 0 Å². The molecule has 0 radical (unpaired) electrons. The first-order valence-electron chi connectivity index (χ1n) is 4.60.